The lowest BCUT2D eigenvalue weighted by molar-refractivity contribution is 0.470. The fourth-order valence-corrected chi connectivity index (χ4v) is 3.60. The Labute approximate surface area is 175 Å². The first kappa shape index (κ1) is 18.7. The number of aryl methyl sites for hydroxylation is 1. The molecule has 1 heterocycles. The van der Waals surface area contributed by atoms with E-state index in [1.165, 1.54) is 0 Å². The number of benzene rings is 3. The molecule has 6 heteroatoms. The van der Waals surface area contributed by atoms with Gasteiger partial charge in [-0.1, -0.05) is 17.7 Å². The molecule has 0 bridgehead atoms. The van der Waals surface area contributed by atoms with Crippen molar-refractivity contribution in [2.45, 2.75) is 13.8 Å². The van der Waals surface area contributed by atoms with Gasteiger partial charge in [-0.3, -0.25) is 4.99 Å². The van der Waals surface area contributed by atoms with E-state index in [9.17, 15) is 5.11 Å². The van der Waals surface area contributed by atoms with Gasteiger partial charge in [0.1, 0.15) is 11.3 Å². The van der Waals surface area contributed by atoms with Crippen LogP contribution in [0.1, 0.15) is 16.7 Å². The number of aromatic nitrogens is 1. The van der Waals surface area contributed by atoms with Crippen LogP contribution in [0.4, 0.5) is 5.69 Å². The zero-order valence-corrected chi connectivity index (χ0v) is 17.5. The molecular formula is C22H16BrClN2O2. The standard InChI is InChI=1S/C22H16BrClN2O2/c1-12-8-15(21(27)20(23)13(12)2)11-25-17-6-7-19-18(10-17)26-22(28-19)14-4-3-5-16(24)9-14/h3-11,27H,1-2H3. The Hall–Kier alpha value is -2.63. The number of hydrogen-bond acceptors (Lipinski definition) is 4. The predicted molar refractivity (Wildman–Crippen MR) is 117 cm³/mol. The SMILES string of the molecule is Cc1cc(C=Nc2ccc3oc(-c4cccc(Cl)c4)nc3c2)c(O)c(Br)c1C. The summed E-state index contributed by atoms with van der Waals surface area (Å²) in [5.41, 5.74) is 5.64. The number of halogens is 2. The van der Waals surface area contributed by atoms with Crippen molar-refractivity contribution in [1.29, 1.82) is 0 Å². The van der Waals surface area contributed by atoms with Crippen LogP contribution in [0.2, 0.25) is 5.02 Å². The Morgan fingerprint density at radius 1 is 1.14 bits per heavy atom. The van der Waals surface area contributed by atoms with Crippen molar-refractivity contribution in [2.75, 3.05) is 0 Å². The van der Waals surface area contributed by atoms with Gasteiger partial charge in [0.2, 0.25) is 5.89 Å². The third-order valence-electron chi connectivity index (χ3n) is 4.57. The molecule has 28 heavy (non-hydrogen) atoms. The van der Waals surface area contributed by atoms with E-state index in [2.05, 4.69) is 25.9 Å². The minimum Gasteiger partial charge on any atom is -0.506 e. The fourth-order valence-electron chi connectivity index (χ4n) is 2.87. The average Bonchev–Trinajstić information content (AvgIpc) is 3.11. The summed E-state index contributed by atoms with van der Waals surface area (Å²) in [6.07, 6.45) is 1.64. The molecule has 0 amide bonds. The highest BCUT2D eigenvalue weighted by atomic mass is 79.9. The maximum Gasteiger partial charge on any atom is 0.227 e. The van der Waals surface area contributed by atoms with E-state index in [1.54, 1.807) is 12.3 Å². The first-order chi connectivity index (χ1) is 13.4. The van der Waals surface area contributed by atoms with Crippen LogP contribution in [-0.4, -0.2) is 16.3 Å². The van der Waals surface area contributed by atoms with Gasteiger partial charge in [-0.2, -0.15) is 0 Å². The summed E-state index contributed by atoms with van der Waals surface area (Å²) in [6.45, 7) is 3.95. The summed E-state index contributed by atoms with van der Waals surface area (Å²) < 4.78 is 6.51. The second-order valence-corrected chi connectivity index (χ2v) is 7.74. The molecule has 0 unspecified atom stereocenters. The number of aliphatic imine (C=N–C) groups is 1. The lowest BCUT2D eigenvalue weighted by Gasteiger charge is -2.08. The minimum atomic E-state index is 0.178. The highest BCUT2D eigenvalue weighted by Crippen LogP contribution is 2.33. The molecule has 1 aromatic heterocycles. The summed E-state index contributed by atoms with van der Waals surface area (Å²) in [6, 6.07) is 14.8. The summed E-state index contributed by atoms with van der Waals surface area (Å²) in [5, 5.41) is 11.0. The molecular weight excluding hydrogens is 440 g/mol. The molecule has 0 aliphatic rings. The number of fused-ring (bicyclic) bond motifs is 1. The molecule has 0 radical (unpaired) electrons. The van der Waals surface area contributed by atoms with E-state index < -0.39 is 0 Å². The van der Waals surface area contributed by atoms with Gasteiger partial charge in [0, 0.05) is 22.4 Å². The van der Waals surface area contributed by atoms with Gasteiger partial charge in [0.15, 0.2) is 5.58 Å². The number of nitrogens with zero attached hydrogens (tertiary/aromatic N) is 2. The largest absolute Gasteiger partial charge is 0.506 e. The van der Waals surface area contributed by atoms with Crippen LogP contribution in [0.3, 0.4) is 0 Å². The maximum atomic E-state index is 10.3. The van der Waals surface area contributed by atoms with Gasteiger partial charge in [0.25, 0.3) is 0 Å². The van der Waals surface area contributed by atoms with Gasteiger partial charge in [-0.05, 0) is 83.4 Å². The monoisotopic (exact) mass is 454 g/mol. The van der Waals surface area contributed by atoms with Crippen molar-refractivity contribution in [1.82, 2.24) is 4.98 Å². The summed E-state index contributed by atoms with van der Waals surface area (Å²) in [7, 11) is 0. The van der Waals surface area contributed by atoms with Crippen LogP contribution in [0.25, 0.3) is 22.6 Å². The van der Waals surface area contributed by atoms with Crippen molar-refractivity contribution < 1.29 is 9.52 Å². The van der Waals surface area contributed by atoms with Gasteiger partial charge in [0.05, 0.1) is 10.2 Å². The molecule has 0 saturated heterocycles. The smallest absolute Gasteiger partial charge is 0.227 e. The molecule has 4 aromatic rings. The van der Waals surface area contributed by atoms with Crippen LogP contribution in [0, 0.1) is 13.8 Å². The zero-order valence-electron chi connectivity index (χ0n) is 15.2. The number of aromatic hydroxyl groups is 1. The van der Waals surface area contributed by atoms with Gasteiger partial charge in [-0.25, -0.2) is 4.98 Å². The Kier molecular flexibility index (Phi) is 4.96. The lowest BCUT2D eigenvalue weighted by Crippen LogP contribution is -1.90. The normalized spacial score (nSPS) is 11.6. The number of oxazole rings is 1. The van der Waals surface area contributed by atoms with Crippen molar-refractivity contribution in [3.05, 3.63) is 74.7 Å². The highest BCUT2D eigenvalue weighted by molar-refractivity contribution is 9.10. The van der Waals surface area contributed by atoms with E-state index in [-0.39, 0.29) is 5.75 Å². The van der Waals surface area contributed by atoms with Crippen LogP contribution < -0.4 is 0 Å². The molecule has 0 aliphatic carbocycles. The van der Waals surface area contributed by atoms with E-state index in [1.807, 2.05) is 56.3 Å². The molecule has 0 aliphatic heterocycles. The van der Waals surface area contributed by atoms with E-state index >= 15 is 0 Å². The third-order valence-corrected chi connectivity index (χ3v) is 5.77. The molecule has 4 rings (SSSR count). The Morgan fingerprint density at radius 3 is 2.75 bits per heavy atom. The first-order valence-corrected chi connectivity index (χ1v) is 9.79. The van der Waals surface area contributed by atoms with Gasteiger partial charge < -0.3 is 9.52 Å². The Balaban J connectivity index is 1.68. The van der Waals surface area contributed by atoms with E-state index in [4.69, 9.17) is 16.0 Å². The van der Waals surface area contributed by atoms with Gasteiger partial charge >= 0.3 is 0 Å². The topological polar surface area (TPSA) is 58.6 Å². The third kappa shape index (κ3) is 3.55. The second-order valence-electron chi connectivity index (χ2n) is 6.51. The number of rotatable bonds is 3. The molecule has 0 spiro atoms. The van der Waals surface area contributed by atoms with Crippen LogP contribution >= 0.6 is 27.5 Å². The van der Waals surface area contributed by atoms with Gasteiger partial charge in [-0.15, -0.1) is 0 Å². The maximum absolute atomic E-state index is 10.3. The summed E-state index contributed by atoms with van der Waals surface area (Å²) in [4.78, 5) is 9.03. The molecule has 0 fully saturated rings. The molecule has 0 atom stereocenters. The summed E-state index contributed by atoms with van der Waals surface area (Å²) >= 11 is 9.48. The fraction of sp³-hybridized carbons (Fsp3) is 0.0909. The summed E-state index contributed by atoms with van der Waals surface area (Å²) in [5.74, 6) is 0.687. The van der Waals surface area contributed by atoms with Crippen molar-refractivity contribution in [3.8, 4) is 17.2 Å². The molecule has 1 N–H and O–H groups in total. The Morgan fingerprint density at radius 2 is 1.96 bits per heavy atom. The highest BCUT2D eigenvalue weighted by Gasteiger charge is 2.11. The predicted octanol–water partition coefficient (Wildman–Crippen LogP) is 6.98. The van der Waals surface area contributed by atoms with Crippen LogP contribution in [0.15, 0.2) is 62.4 Å². The lowest BCUT2D eigenvalue weighted by atomic mass is 10.1. The quantitative estimate of drug-likeness (QED) is 0.339. The molecule has 0 saturated carbocycles. The Bertz CT molecular complexity index is 1230. The first-order valence-electron chi connectivity index (χ1n) is 8.61. The number of phenolic OH excluding ortho intramolecular Hbond substituents is 1. The molecule has 3 aromatic carbocycles. The molecule has 140 valence electrons. The number of hydrogen-bond donors (Lipinski definition) is 1. The average molecular weight is 456 g/mol. The van der Waals surface area contributed by atoms with Crippen molar-refractivity contribution in [2.24, 2.45) is 4.99 Å². The number of phenols is 1. The van der Waals surface area contributed by atoms with E-state index in [0.29, 0.717) is 37.7 Å². The van der Waals surface area contributed by atoms with Crippen LogP contribution in [-0.2, 0) is 0 Å². The molecule has 4 nitrogen and oxygen atoms in total. The van der Waals surface area contributed by atoms with E-state index in [0.717, 1.165) is 16.7 Å². The van der Waals surface area contributed by atoms with Crippen molar-refractivity contribution in [3.63, 3.8) is 0 Å². The van der Waals surface area contributed by atoms with Crippen molar-refractivity contribution >= 4 is 50.5 Å². The van der Waals surface area contributed by atoms with Crippen LogP contribution in [0.5, 0.6) is 5.75 Å². The zero-order chi connectivity index (χ0) is 19.8. The minimum absolute atomic E-state index is 0.178. The second kappa shape index (κ2) is 7.41.